The lowest BCUT2D eigenvalue weighted by molar-refractivity contribution is -0.384. The van der Waals surface area contributed by atoms with Gasteiger partial charge in [-0.1, -0.05) is 6.07 Å². The highest BCUT2D eigenvalue weighted by Gasteiger charge is 2.31. The number of halogens is 3. The Balaban J connectivity index is 1.44. The third-order valence-electron chi connectivity index (χ3n) is 4.77. The van der Waals surface area contributed by atoms with Crippen LogP contribution in [0.15, 0.2) is 42.6 Å². The van der Waals surface area contributed by atoms with Crippen molar-refractivity contribution in [1.29, 1.82) is 0 Å². The molecule has 2 N–H and O–H groups in total. The van der Waals surface area contributed by atoms with Crippen LogP contribution in [0.3, 0.4) is 0 Å². The van der Waals surface area contributed by atoms with Gasteiger partial charge in [0.05, 0.1) is 17.0 Å². The van der Waals surface area contributed by atoms with E-state index in [0.717, 1.165) is 18.3 Å². The quantitative estimate of drug-likeness (QED) is 0.522. The van der Waals surface area contributed by atoms with Crippen LogP contribution in [0.5, 0.6) is 0 Å². The lowest BCUT2D eigenvalue weighted by atomic mass is 10.2. The third kappa shape index (κ3) is 5.91. The minimum Gasteiger partial charge on any atom is -0.354 e. The van der Waals surface area contributed by atoms with Crippen molar-refractivity contribution >= 4 is 23.3 Å². The number of pyridine rings is 1. The van der Waals surface area contributed by atoms with Crippen LogP contribution in [-0.2, 0) is 11.0 Å². The zero-order valence-electron chi connectivity index (χ0n) is 16.6. The minimum absolute atomic E-state index is 0.0104. The topological polar surface area (TPSA) is 121 Å². The number of hydrogen-bond acceptors (Lipinski definition) is 7. The number of carbonyl (C=O) groups excluding carboxylic acids is 2. The average molecular weight is 452 g/mol. The Bertz CT molecular complexity index is 991. The number of nitrogens with one attached hydrogen (secondary N) is 2. The Morgan fingerprint density at radius 3 is 2.41 bits per heavy atom. The van der Waals surface area contributed by atoms with Crippen molar-refractivity contribution in [2.45, 2.75) is 6.18 Å². The standard InChI is InChI=1S/C19H19F3N6O4/c20-19(21,22)14-4-5-16(23-11-14)27-8-6-26(7-9-27)12-17(29)24-25-18(30)13-2-1-3-15(10-13)28(31)32/h1-5,10-11H,6-9,12H2,(H,24,29)(H,25,30). The summed E-state index contributed by atoms with van der Waals surface area (Å²) in [5.74, 6) is -0.753. The monoisotopic (exact) mass is 452 g/mol. The Kier molecular flexibility index (Phi) is 6.88. The molecule has 3 rings (SSSR count). The number of aromatic nitrogens is 1. The Labute approximate surface area is 180 Å². The minimum atomic E-state index is -4.44. The summed E-state index contributed by atoms with van der Waals surface area (Å²) in [6.07, 6.45) is -3.65. The number of nitro benzene ring substituents is 1. The second-order valence-electron chi connectivity index (χ2n) is 6.98. The molecule has 2 aromatic rings. The van der Waals surface area contributed by atoms with Gasteiger partial charge in [0, 0.05) is 50.1 Å². The predicted molar refractivity (Wildman–Crippen MR) is 107 cm³/mol. The van der Waals surface area contributed by atoms with E-state index in [1.54, 1.807) is 0 Å². The van der Waals surface area contributed by atoms with Gasteiger partial charge in [-0.05, 0) is 18.2 Å². The van der Waals surface area contributed by atoms with Crippen LogP contribution in [-0.4, -0.2) is 59.3 Å². The fraction of sp³-hybridized carbons (Fsp3) is 0.316. The largest absolute Gasteiger partial charge is 0.417 e. The van der Waals surface area contributed by atoms with Gasteiger partial charge < -0.3 is 4.90 Å². The molecular weight excluding hydrogens is 433 g/mol. The number of anilines is 1. The van der Waals surface area contributed by atoms with Gasteiger partial charge in [0.1, 0.15) is 5.82 Å². The summed E-state index contributed by atoms with van der Waals surface area (Å²) < 4.78 is 37.9. The molecule has 170 valence electrons. The average Bonchev–Trinajstić information content (AvgIpc) is 2.77. The van der Waals surface area contributed by atoms with Crippen molar-refractivity contribution in [2.75, 3.05) is 37.6 Å². The molecule has 0 radical (unpaired) electrons. The van der Waals surface area contributed by atoms with Crippen molar-refractivity contribution in [3.8, 4) is 0 Å². The molecule has 1 aromatic heterocycles. The molecule has 1 saturated heterocycles. The normalized spacial score (nSPS) is 14.7. The molecule has 13 heteroatoms. The number of hydrazine groups is 1. The van der Waals surface area contributed by atoms with Gasteiger partial charge >= 0.3 is 6.18 Å². The van der Waals surface area contributed by atoms with Gasteiger partial charge in [-0.25, -0.2) is 4.98 Å². The Hall–Kier alpha value is -3.74. The van der Waals surface area contributed by atoms with Crippen molar-refractivity contribution in [1.82, 2.24) is 20.7 Å². The fourth-order valence-corrected chi connectivity index (χ4v) is 3.08. The molecule has 1 aliphatic rings. The van der Waals surface area contributed by atoms with Crippen molar-refractivity contribution in [3.05, 3.63) is 63.8 Å². The number of hydrogen-bond donors (Lipinski definition) is 2. The first-order valence-corrected chi connectivity index (χ1v) is 9.47. The number of nitrogens with zero attached hydrogens (tertiary/aromatic N) is 4. The van der Waals surface area contributed by atoms with Crippen LogP contribution in [0.4, 0.5) is 24.7 Å². The van der Waals surface area contributed by atoms with Crippen LogP contribution < -0.4 is 15.8 Å². The van der Waals surface area contributed by atoms with Crippen molar-refractivity contribution in [3.63, 3.8) is 0 Å². The van der Waals surface area contributed by atoms with Crippen molar-refractivity contribution in [2.24, 2.45) is 0 Å². The molecule has 0 spiro atoms. The van der Waals surface area contributed by atoms with Crippen LogP contribution in [0.1, 0.15) is 15.9 Å². The van der Waals surface area contributed by atoms with E-state index in [2.05, 4.69) is 15.8 Å². The van der Waals surface area contributed by atoms with Crippen LogP contribution in [0.25, 0.3) is 0 Å². The lowest BCUT2D eigenvalue weighted by Gasteiger charge is -2.35. The van der Waals surface area contributed by atoms with Gasteiger partial charge in [-0.2, -0.15) is 13.2 Å². The molecule has 0 saturated carbocycles. The summed E-state index contributed by atoms with van der Waals surface area (Å²) in [4.78, 5) is 41.8. The number of piperazine rings is 1. The summed E-state index contributed by atoms with van der Waals surface area (Å²) in [6.45, 7) is 1.85. The van der Waals surface area contributed by atoms with Gasteiger partial charge in [0.2, 0.25) is 0 Å². The number of non-ortho nitro benzene ring substituents is 1. The summed E-state index contributed by atoms with van der Waals surface area (Å²) in [6, 6.07) is 7.37. The number of amides is 2. The zero-order valence-corrected chi connectivity index (χ0v) is 16.6. The van der Waals surface area contributed by atoms with Gasteiger partial charge in [0.25, 0.3) is 17.5 Å². The van der Waals surface area contributed by atoms with E-state index in [1.165, 1.54) is 24.3 Å². The molecule has 2 amide bonds. The highest BCUT2D eigenvalue weighted by atomic mass is 19.4. The molecular formula is C19H19F3N6O4. The Morgan fingerprint density at radius 1 is 1.09 bits per heavy atom. The van der Waals surface area contributed by atoms with E-state index in [9.17, 15) is 32.9 Å². The van der Waals surface area contributed by atoms with Crippen molar-refractivity contribution < 1.29 is 27.7 Å². The smallest absolute Gasteiger partial charge is 0.354 e. The first-order chi connectivity index (χ1) is 15.1. The van der Waals surface area contributed by atoms with E-state index in [0.29, 0.717) is 32.0 Å². The molecule has 1 fully saturated rings. The van der Waals surface area contributed by atoms with Crippen LogP contribution >= 0.6 is 0 Å². The molecule has 0 aliphatic carbocycles. The third-order valence-corrected chi connectivity index (χ3v) is 4.77. The van der Waals surface area contributed by atoms with Crippen LogP contribution in [0, 0.1) is 10.1 Å². The molecule has 0 unspecified atom stereocenters. The molecule has 2 heterocycles. The SMILES string of the molecule is O=C(CN1CCN(c2ccc(C(F)(F)F)cn2)CC1)NNC(=O)c1cccc([N+](=O)[O-])c1. The number of nitro groups is 1. The van der Waals surface area contributed by atoms with Crippen LogP contribution in [0.2, 0.25) is 0 Å². The molecule has 32 heavy (non-hydrogen) atoms. The predicted octanol–water partition coefficient (Wildman–Crippen LogP) is 1.59. The first-order valence-electron chi connectivity index (χ1n) is 9.47. The van der Waals surface area contributed by atoms with Gasteiger partial charge in [-0.3, -0.25) is 35.5 Å². The fourth-order valence-electron chi connectivity index (χ4n) is 3.08. The number of benzene rings is 1. The second-order valence-corrected chi connectivity index (χ2v) is 6.98. The Morgan fingerprint density at radius 2 is 1.81 bits per heavy atom. The molecule has 1 aliphatic heterocycles. The molecule has 0 bridgehead atoms. The van der Waals surface area contributed by atoms with E-state index in [1.807, 2.05) is 9.80 Å². The van der Waals surface area contributed by atoms with E-state index in [-0.39, 0.29) is 17.8 Å². The maximum absolute atomic E-state index is 12.6. The van der Waals surface area contributed by atoms with E-state index >= 15 is 0 Å². The van der Waals surface area contributed by atoms with E-state index in [4.69, 9.17) is 0 Å². The molecule has 10 nitrogen and oxygen atoms in total. The summed E-state index contributed by atoms with van der Waals surface area (Å²) in [5.41, 5.74) is 3.43. The second kappa shape index (κ2) is 9.60. The number of rotatable bonds is 5. The maximum Gasteiger partial charge on any atom is 0.417 e. The lowest BCUT2D eigenvalue weighted by Crippen LogP contribution is -2.52. The summed E-state index contributed by atoms with van der Waals surface area (Å²) in [7, 11) is 0. The number of alkyl halides is 3. The number of carbonyl (C=O) groups is 2. The summed E-state index contributed by atoms with van der Waals surface area (Å²) >= 11 is 0. The highest BCUT2D eigenvalue weighted by molar-refractivity contribution is 5.96. The molecule has 0 atom stereocenters. The maximum atomic E-state index is 12.6. The molecule has 1 aromatic carbocycles. The highest BCUT2D eigenvalue weighted by Crippen LogP contribution is 2.29. The van der Waals surface area contributed by atoms with Gasteiger partial charge in [-0.15, -0.1) is 0 Å². The summed E-state index contributed by atoms with van der Waals surface area (Å²) in [5, 5.41) is 10.8. The first kappa shape index (κ1) is 22.9. The van der Waals surface area contributed by atoms with Gasteiger partial charge in [0.15, 0.2) is 0 Å². The zero-order chi connectivity index (χ0) is 23.3. The van der Waals surface area contributed by atoms with E-state index < -0.39 is 28.5 Å².